The number of aromatic nitrogens is 2. The number of carbonyl (C=O) groups is 1. The van der Waals surface area contributed by atoms with E-state index in [2.05, 4.69) is 19.9 Å². The lowest BCUT2D eigenvalue weighted by Gasteiger charge is -2.26. The monoisotopic (exact) mass is 487 g/mol. The van der Waals surface area contributed by atoms with Crippen LogP contribution in [0.4, 0.5) is 0 Å². The summed E-state index contributed by atoms with van der Waals surface area (Å²) in [7, 11) is -2.46. The molecule has 10 nitrogen and oxygen atoms in total. The molecule has 1 aromatic carbocycles. The van der Waals surface area contributed by atoms with E-state index in [9.17, 15) is 13.2 Å². The van der Waals surface area contributed by atoms with Gasteiger partial charge in [0.25, 0.3) is 5.91 Å². The first-order valence-electron chi connectivity index (χ1n) is 11.1. The highest BCUT2D eigenvalue weighted by Gasteiger charge is 2.22. The molecule has 1 aliphatic rings. The Kier molecular flexibility index (Phi) is 7.78. The number of sulfonamides is 1. The Balaban J connectivity index is 1.38. The number of morpholine rings is 1. The SMILES string of the molecule is COc1ccc(C(=O)NCc2cn3ccccc3n2)cc1S(=O)(=O)NCCCN1CCOCC1. The first-order valence-corrected chi connectivity index (χ1v) is 12.6. The van der Waals surface area contributed by atoms with Gasteiger partial charge >= 0.3 is 0 Å². The zero-order chi connectivity index (χ0) is 24.0. The van der Waals surface area contributed by atoms with E-state index in [-0.39, 0.29) is 29.3 Å². The van der Waals surface area contributed by atoms with Crippen LogP contribution in [0.3, 0.4) is 0 Å². The van der Waals surface area contributed by atoms with Crippen molar-refractivity contribution in [3.8, 4) is 5.75 Å². The number of nitrogens with one attached hydrogen (secondary N) is 2. The predicted molar refractivity (Wildman–Crippen MR) is 126 cm³/mol. The summed E-state index contributed by atoms with van der Waals surface area (Å²) in [5.74, 6) is -0.221. The number of pyridine rings is 1. The molecule has 1 fully saturated rings. The lowest BCUT2D eigenvalue weighted by molar-refractivity contribution is 0.0376. The number of amides is 1. The van der Waals surface area contributed by atoms with Gasteiger partial charge in [0.2, 0.25) is 10.0 Å². The molecule has 0 bridgehead atoms. The van der Waals surface area contributed by atoms with E-state index in [1.807, 2.05) is 35.0 Å². The minimum atomic E-state index is -3.86. The first-order chi connectivity index (χ1) is 16.5. The smallest absolute Gasteiger partial charge is 0.251 e. The molecule has 1 aliphatic heterocycles. The summed E-state index contributed by atoms with van der Waals surface area (Å²) in [5, 5.41) is 2.79. The van der Waals surface area contributed by atoms with Crippen molar-refractivity contribution in [1.29, 1.82) is 0 Å². The molecule has 3 heterocycles. The topological polar surface area (TPSA) is 114 Å². The summed E-state index contributed by atoms with van der Waals surface area (Å²) in [6.07, 6.45) is 4.38. The number of hydrogen-bond acceptors (Lipinski definition) is 7. The third-order valence-corrected chi connectivity index (χ3v) is 7.09. The Morgan fingerprint density at radius 3 is 2.79 bits per heavy atom. The average molecular weight is 488 g/mol. The maximum Gasteiger partial charge on any atom is 0.251 e. The van der Waals surface area contributed by atoms with Gasteiger partial charge in [-0.1, -0.05) is 6.07 Å². The van der Waals surface area contributed by atoms with Crippen molar-refractivity contribution in [3.63, 3.8) is 0 Å². The van der Waals surface area contributed by atoms with E-state index < -0.39 is 15.9 Å². The van der Waals surface area contributed by atoms with E-state index >= 15 is 0 Å². The Labute approximate surface area is 198 Å². The van der Waals surface area contributed by atoms with Crippen molar-refractivity contribution in [2.24, 2.45) is 0 Å². The van der Waals surface area contributed by atoms with Crippen LogP contribution in [-0.2, 0) is 21.3 Å². The van der Waals surface area contributed by atoms with Crippen molar-refractivity contribution in [3.05, 3.63) is 60.0 Å². The third kappa shape index (κ3) is 5.92. The maximum atomic E-state index is 12.9. The fourth-order valence-corrected chi connectivity index (χ4v) is 5.05. The number of imidazole rings is 1. The van der Waals surface area contributed by atoms with Gasteiger partial charge < -0.3 is 19.2 Å². The second-order valence-electron chi connectivity index (χ2n) is 7.95. The van der Waals surface area contributed by atoms with Crippen molar-refractivity contribution in [1.82, 2.24) is 24.3 Å². The van der Waals surface area contributed by atoms with E-state index in [1.54, 1.807) is 0 Å². The summed E-state index contributed by atoms with van der Waals surface area (Å²) in [5.41, 5.74) is 1.70. The summed E-state index contributed by atoms with van der Waals surface area (Å²) in [6, 6.07) is 10.0. The molecular weight excluding hydrogens is 458 g/mol. The Morgan fingerprint density at radius 2 is 2.03 bits per heavy atom. The van der Waals surface area contributed by atoms with Crippen molar-refractivity contribution < 1.29 is 22.7 Å². The molecule has 1 saturated heterocycles. The molecule has 11 heteroatoms. The van der Waals surface area contributed by atoms with E-state index in [1.165, 1.54) is 25.3 Å². The van der Waals surface area contributed by atoms with Gasteiger partial charge in [0.05, 0.1) is 32.6 Å². The van der Waals surface area contributed by atoms with Crippen molar-refractivity contribution >= 4 is 21.6 Å². The van der Waals surface area contributed by atoms with Crippen LogP contribution >= 0.6 is 0 Å². The second-order valence-corrected chi connectivity index (χ2v) is 9.69. The normalized spacial score (nSPS) is 14.9. The lowest BCUT2D eigenvalue weighted by atomic mass is 10.2. The van der Waals surface area contributed by atoms with Gasteiger partial charge in [-0.2, -0.15) is 0 Å². The highest BCUT2D eigenvalue weighted by atomic mass is 32.2. The van der Waals surface area contributed by atoms with Crippen LogP contribution < -0.4 is 14.8 Å². The highest BCUT2D eigenvalue weighted by Crippen LogP contribution is 2.25. The Morgan fingerprint density at radius 1 is 1.21 bits per heavy atom. The summed E-state index contributed by atoms with van der Waals surface area (Å²) >= 11 is 0. The summed E-state index contributed by atoms with van der Waals surface area (Å²) in [4.78, 5) is 19.4. The van der Waals surface area contributed by atoms with Gasteiger partial charge in [-0.3, -0.25) is 9.69 Å². The molecule has 0 radical (unpaired) electrons. The quantitative estimate of drug-likeness (QED) is 0.414. The molecule has 0 saturated carbocycles. The molecule has 2 N–H and O–H groups in total. The minimum absolute atomic E-state index is 0.0678. The summed E-state index contributed by atoms with van der Waals surface area (Å²) in [6.45, 7) is 4.40. The molecule has 3 aromatic rings. The third-order valence-electron chi connectivity index (χ3n) is 5.61. The van der Waals surface area contributed by atoms with E-state index in [4.69, 9.17) is 9.47 Å². The van der Waals surface area contributed by atoms with Crippen LogP contribution in [0.5, 0.6) is 5.75 Å². The number of ether oxygens (including phenoxy) is 2. The molecule has 1 amide bonds. The van der Waals surface area contributed by atoms with Crippen LogP contribution in [0.1, 0.15) is 22.5 Å². The van der Waals surface area contributed by atoms with Crippen LogP contribution in [0, 0.1) is 0 Å². The fraction of sp³-hybridized carbons (Fsp3) is 0.391. The number of fused-ring (bicyclic) bond motifs is 1. The number of benzene rings is 1. The average Bonchev–Trinajstić information content (AvgIpc) is 3.28. The lowest BCUT2D eigenvalue weighted by Crippen LogP contribution is -2.38. The summed E-state index contributed by atoms with van der Waals surface area (Å²) < 4.78 is 40.9. The number of carbonyl (C=O) groups excluding carboxylic acids is 1. The van der Waals surface area contributed by atoms with Crippen molar-refractivity contribution in [2.45, 2.75) is 17.9 Å². The second kappa shape index (κ2) is 11.0. The van der Waals surface area contributed by atoms with Gasteiger partial charge in [-0.25, -0.2) is 18.1 Å². The van der Waals surface area contributed by atoms with Gasteiger partial charge in [0.15, 0.2) is 0 Å². The van der Waals surface area contributed by atoms with Crippen LogP contribution in [0.15, 0.2) is 53.7 Å². The zero-order valence-electron chi connectivity index (χ0n) is 19.1. The minimum Gasteiger partial charge on any atom is -0.495 e. The number of rotatable bonds is 10. The van der Waals surface area contributed by atoms with Crippen LogP contribution in [0.25, 0.3) is 5.65 Å². The van der Waals surface area contributed by atoms with Crippen molar-refractivity contribution in [2.75, 3.05) is 46.5 Å². The molecule has 0 spiro atoms. The molecule has 0 aliphatic carbocycles. The van der Waals surface area contributed by atoms with Gasteiger partial charge in [0.1, 0.15) is 16.3 Å². The number of methoxy groups -OCH3 is 1. The van der Waals surface area contributed by atoms with Gasteiger partial charge in [0, 0.05) is 37.6 Å². The van der Waals surface area contributed by atoms with Crippen LogP contribution in [0.2, 0.25) is 0 Å². The molecule has 4 rings (SSSR count). The van der Waals surface area contributed by atoms with E-state index in [0.29, 0.717) is 25.3 Å². The standard InChI is InChI=1S/C23H29N5O5S/c1-32-20-7-6-18(23(29)24-16-19-17-28-10-3-2-5-22(28)26-19)15-21(20)34(30,31)25-8-4-9-27-11-13-33-14-12-27/h2-3,5-7,10,15,17,25H,4,8-9,11-14,16H2,1H3,(H,24,29). The van der Waals surface area contributed by atoms with Crippen LogP contribution in [-0.4, -0.2) is 75.1 Å². The fourth-order valence-electron chi connectivity index (χ4n) is 3.78. The largest absolute Gasteiger partial charge is 0.495 e. The van der Waals surface area contributed by atoms with Gasteiger partial charge in [-0.05, 0) is 43.3 Å². The predicted octanol–water partition coefficient (Wildman–Crippen LogP) is 1.27. The molecule has 34 heavy (non-hydrogen) atoms. The molecule has 2 aromatic heterocycles. The Hall–Kier alpha value is -2.99. The maximum absolute atomic E-state index is 12.9. The Bertz CT molecular complexity index is 1200. The molecule has 0 atom stereocenters. The zero-order valence-corrected chi connectivity index (χ0v) is 19.9. The highest BCUT2D eigenvalue weighted by molar-refractivity contribution is 7.89. The molecule has 0 unspecified atom stereocenters. The number of hydrogen-bond donors (Lipinski definition) is 2. The molecule has 182 valence electrons. The first kappa shape index (κ1) is 24.1. The van der Waals surface area contributed by atoms with Gasteiger partial charge in [-0.15, -0.1) is 0 Å². The molecular formula is C23H29N5O5S. The number of nitrogens with zero attached hydrogens (tertiary/aromatic N) is 3. The van der Waals surface area contributed by atoms with E-state index in [0.717, 1.165) is 25.3 Å².